The van der Waals surface area contributed by atoms with Crippen LogP contribution in [0.2, 0.25) is 0 Å². The summed E-state index contributed by atoms with van der Waals surface area (Å²) in [5.74, 6) is 1.25. The minimum Gasteiger partial charge on any atom is -0.505 e. The van der Waals surface area contributed by atoms with Gasteiger partial charge in [-0.1, -0.05) is 46.8 Å². The van der Waals surface area contributed by atoms with E-state index in [1.165, 1.54) is 5.57 Å². The molecule has 0 amide bonds. The average molecular weight is 413 g/mol. The van der Waals surface area contributed by atoms with Crippen molar-refractivity contribution in [3.8, 4) is 0 Å². The van der Waals surface area contributed by atoms with Crippen molar-refractivity contribution in [1.29, 1.82) is 0 Å². The second-order valence-electron chi connectivity index (χ2n) is 10.8. The van der Waals surface area contributed by atoms with Crippen LogP contribution >= 0.6 is 0 Å². The molecular weight excluding hydrogens is 372 g/mol. The van der Waals surface area contributed by atoms with Gasteiger partial charge in [-0.15, -0.1) is 0 Å². The Labute approximate surface area is 182 Å². The van der Waals surface area contributed by atoms with Gasteiger partial charge in [0.25, 0.3) is 0 Å². The molecule has 4 nitrogen and oxygen atoms in total. The van der Waals surface area contributed by atoms with E-state index in [0.29, 0.717) is 42.0 Å². The molecule has 0 aromatic heterocycles. The number of nitrogens with zero attached hydrogens (tertiary/aromatic N) is 1. The number of hydrogen-bond donors (Lipinski definition) is 2. The summed E-state index contributed by atoms with van der Waals surface area (Å²) in [6, 6.07) is 0. The van der Waals surface area contributed by atoms with Crippen LogP contribution in [0, 0.1) is 28.6 Å². The first-order valence-corrected chi connectivity index (χ1v) is 11.7. The molecule has 0 aliphatic heterocycles. The lowest BCUT2D eigenvalue weighted by Gasteiger charge is -2.59. The number of carbonyl (C=O) groups excluding carboxylic acids is 1. The molecule has 3 aliphatic rings. The van der Waals surface area contributed by atoms with Gasteiger partial charge < -0.3 is 10.8 Å². The summed E-state index contributed by atoms with van der Waals surface area (Å²) in [7, 11) is 0. The van der Waals surface area contributed by atoms with E-state index < -0.39 is 0 Å². The van der Waals surface area contributed by atoms with Crippen LogP contribution in [-0.4, -0.2) is 23.1 Å². The molecule has 0 aromatic carbocycles. The fourth-order valence-electron chi connectivity index (χ4n) is 6.09. The van der Waals surface area contributed by atoms with Crippen LogP contribution in [0.5, 0.6) is 0 Å². The van der Waals surface area contributed by atoms with Gasteiger partial charge in [0.2, 0.25) is 5.78 Å². The summed E-state index contributed by atoms with van der Waals surface area (Å²) in [6.45, 7) is 16.3. The van der Waals surface area contributed by atoms with Crippen LogP contribution in [0.15, 0.2) is 40.2 Å². The first kappa shape index (κ1) is 22.8. The van der Waals surface area contributed by atoms with Crippen molar-refractivity contribution in [2.75, 3.05) is 6.54 Å². The van der Waals surface area contributed by atoms with Gasteiger partial charge in [-0.2, -0.15) is 0 Å². The predicted octanol–water partition coefficient (Wildman–Crippen LogP) is 5.90. The highest BCUT2D eigenvalue weighted by molar-refractivity contribution is 6.50. The molecule has 2 saturated carbocycles. The van der Waals surface area contributed by atoms with Crippen molar-refractivity contribution in [1.82, 2.24) is 0 Å². The molecule has 4 unspecified atom stereocenters. The molecule has 166 valence electrons. The van der Waals surface area contributed by atoms with E-state index in [1.807, 2.05) is 0 Å². The third kappa shape index (κ3) is 3.90. The maximum atomic E-state index is 13.3. The average Bonchev–Trinajstić information content (AvgIpc) is 2.68. The number of rotatable bonds is 5. The monoisotopic (exact) mass is 412 g/mol. The second-order valence-corrected chi connectivity index (χ2v) is 10.8. The summed E-state index contributed by atoms with van der Waals surface area (Å²) in [5, 5.41) is 10.8. The maximum absolute atomic E-state index is 13.3. The lowest BCUT2D eigenvalue weighted by molar-refractivity contribution is -0.111. The number of carbonyl (C=O) groups is 1. The third-order valence-corrected chi connectivity index (χ3v) is 8.47. The van der Waals surface area contributed by atoms with E-state index in [9.17, 15) is 9.90 Å². The summed E-state index contributed by atoms with van der Waals surface area (Å²) < 4.78 is 0. The summed E-state index contributed by atoms with van der Waals surface area (Å²) >= 11 is 0. The molecule has 0 aromatic rings. The third-order valence-electron chi connectivity index (χ3n) is 8.47. The molecule has 0 radical (unpaired) electrons. The second kappa shape index (κ2) is 8.36. The maximum Gasteiger partial charge on any atom is 0.210 e. The zero-order chi connectivity index (χ0) is 22.3. The lowest BCUT2D eigenvalue weighted by Crippen LogP contribution is -2.51. The molecule has 30 heavy (non-hydrogen) atoms. The fraction of sp³-hybridized carbons (Fsp3) is 0.692. The van der Waals surface area contributed by atoms with Gasteiger partial charge in [0.05, 0.1) is 5.70 Å². The van der Waals surface area contributed by atoms with Gasteiger partial charge >= 0.3 is 0 Å². The number of hydrogen-bond acceptors (Lipinski definition) is 4. The number of nitrogens with two attached hydrogens (primary N) is 1. The van der Waals surface area contributed by atoms with Crippen LogP contribution in [0.1, 0.15) is 79.6 Å². The zero-order valence-corrected chi connectivity index (χ0v) is 19.6. The van der Waals surface area contributed by atoms with Crippen molar-refractivity contribution >= 4 is 11.5 Å². The quantitative estimate of drug-likeness (QED) is 0.436. The first-order valence-electron chi connectivity index (χ1n) is 11.7. The highest BCUT2D eigenvalue weighted by Crippen LogP contribution is 2.63. The number of aliphatic hydroxyl groups is 1. The topological polar surface area (TPSA) is 75.7 Å². The van der Waals surface area contributed by atoms with Crippen molar-refractivity contribution < 1.29 is 9.90 Å². The van der Waals surface area contributed by atoms with E-state index in [1.54, 1.807) is 6.08 Å². The Balaban J connectivity index is 1.94. The highest BCUT2D eigenvalue weighted by Gasteiger charge is 2.54. The molecular formula is C26H40N2O2. The van der Waals surface area contributed by atoms with Crippen molar-refractivity contribution in [2.24, 2.45) is 39.3 Å². The van der Waals surface area contributed by atoms with Gasteiger partial charge in [-0.3, -0.25) is 9.79 Å². The lowest BCUT2D eigenvalue weighted by atomic mass is 9.46. The molecule has 2 fully saturated rings. The SMILES string of the molecule is C=C1CCCC2C1(C)CCC(C)C2(C)CC1=C(O)C(N)=CC(=NCCC(C)C)C1=O. The Morgan fingerprint density at radius 1 is 1.33 bits per heavy atom. The van der Waals surface area contributed by atoms with Crippen LogP contribution < -0.4 is 5.73 Å². The van der Waals surface area contributed by atoms with Crippen LogP contribution in [-0.2, 0) is 4.79 Å². The molecule has 3 rings (SSSR count). The molecule has 3 N–H and O–H groups in total. The van der Waals surface area contributed by atoms with Crippen LogP contribution in [0.4, 0.5) is 0 Å². The van der Waals surface area contributed by atoms with Crippen LogP contribution in [0.25, 0.3) is 0 Å². The number of aliphatic imine (C=N–C) groups is 1. The normalized spacial score (nSPS) is 36.3. The standard InChI is InChI=1S/C26H40N2O2/c1-16(2)11-13-28-21-14-20(27)23(29)19(24(21)30)15-26(6)18(4)10-12-25(5)17(3)8-7-9-22(25)26/h14,16,18,22,29H,3,7-13,15,27H2,1-2,4-6H3. The Kier molecular flexibility index (Phi) is 6.36. The van der Waals surface area contributed by atoms with Gasteiger partial charge in [0.15, 0.2) is 0 Å². The summed E-state index contributed by atoms with van der Waals surface area (Å²) in [5.41, 5.74) is 8.61. The van der Waals surface area contributed by atoms with E-state index >= 15 is 0 Å². The van der Waals surface area contributed by atoms with Crippen molar-refractivity contribution in [3.63, 3.8) is 0 Å². The molecule has 0 bridgehead atoms. The number of fused-ring (bicyclic) bond motifs is 1. The highest BCUT2D eigenvalue weighted by atomic mass is 16.3. The summed E-state index contributed by atoms with van der Waals surface area (Å²) in [4.78, 5) is 17.9. The largest absolute Gasteiger partial charge is 0.505 e. The number of allylic oxidation sites excluding steroid dienone is 3. The molecule has 0 heterocycles. The minimum atomic E-state index is -0.152. The number of ketones is 1. The van der Waals surface area contributed by atoms with E-state index in [-0.39, 0.29) is 28.1 Å². The Morgan fingerprint density at radius 2 is 2.03 bits per heavy atom. The fourth-order valence-corrected chi connectivity index (χ4v) is 6.09. The molecule has 4 heteroatoms. The molecule has 0 saturated heterocycles. The van der Waals surface area contributed by atoms with Gasteiger partial charge in [0.1, 0.15) is 11.5 Å². The van der Waals surface area contributed by atoms with Crippen molar-refractivity contribution in [2.45, 2.75) is 79.6 Å². The molecule has 3 aliphatic carbocycles. The zero-order valence-electron chi connectivity index (χ0n) is 19.6. The Hall–Kier alpha value is -1.84. The smallest absolute Gasteiger partial charge is 0.210 e. The van der Waals surface area contributed by atoms with Crippen molar-refractivity contribution in [3.05, 3.63) is 35.3 Å². The van der Waals surface area contributed by atoms with Gasteiger partial charge in [0, 0.05) is 12.1 Å². The minimum absolute atomic E-state index is 0.0434. The first-order chi connectivity index (χ1) is 14.0. The van der Waals surface area contributed by atoms with Gasteiger partial charge in [-0.25, -0.2) is 0 Å². The Bertz CT molecular complexity index is 819. The molecule has 0 spiro atoms. The predicted molar refractivity (Wildman–Crippen MR) is 124 cm³/mol. The molecule has 4 atom stereocenters. The van der Waals surface area contributed by atoms with Crippen LogP contribution in [0.3, 0.4) is 0 Å². The Morgan fingerprint density at radius 3 is 2.70 bits per heavy atom. The van der Waals surface area contributed by atoms with E-state index in [2.05, 4.69) is 46.2 Å². The number of Topliss-reactive ketones (excluding diaryl/α,β-unsaturated/α-hetero) is 1. The number of aliphatic hydroxyl groups excluding tert-OH is 1. The van der Waals surface area contributed by atoms with E-state index in [0.717, 1.165) is 38.5 Å². The van der Waals surface area contributed by atoms with E-state index in [4.69, 9.17) is 5.73 Å². The van der Waals surface area contributed by atoms with Gasteiger partial charge in [-0.05, 0) is 79.6 Å². The summed E-state index contributed by atoms with van der Waals surface area (Å²) in [6.07, 6.45) is 8.70.